The van der Waals surface area contributed by atoms with E-state index in [2.05, 4.69) is 25.7 Å². The molecule has 4 rings (SSSR count). The Labute approximate surface area is 178 Å². The summed E-state index contributed by atoms with van der Waals surface area (Å²) < 4.78 is 0. The van der Waals surface area contributed by atoms with E-state index in [4.69, 9.17) is 23.2 Å². The van der Waals surface area contributed by atoms with Crippen LogP contribution in [0.5, 0.6) is 0 Å². The van der Waals surface area contributed by atoms with Crippen LogP contribution in [0.3, 0.4) is 0 Å². The zero-order valence-corrected chi connectivity index (χ0v) is 17.5. The summed E-state index contributed by atoms with van der Waals surface area (Å²) in [4.78, 5) is 27.8. The second-order valence-electron chi connectivity index (χ2n) is 6.90. The Hall–Kier alpha value is -2.42. The number of aromatic nitrogens is 2. The van der Waals surface area contributed by atoms with Crippen LogP contribution in [0, 0.1) is 6.92 Å². The molecular formula is C19H21Cl2N7O. The average Bonchev–Trinajstić information content (AvgIpc) is 3.18. The average molecular weight is 434 g/mol. The summed E-state index contributed by atoms with van der Waals surface area (Å²) >= 11 is 12.1. The lowest BCUT2D eigenvalue weighted by Crippen LogP contribution is -2.46. The molecule has 2 N–H and O–H groups in total. The fourth-order valence-electron chi connectivity index (χ4n) is 3.27. The van der Waals surface area contributed by atoms with E-state index in [9.17, 15) is 4.79 Å². The number of aliphatic imine (C=N–C) groups is 1. The highest BCUT2D eigenvalue weighted by molar-refractivity contribution is 6.42. The highest BCUT2D eigenvalue weighted by Gasteiger charge is 2.22. The van der Waals surface area contributed by atoms with E-state index >= 15 is 0 Å². The smallest absolute Gasteiger partial charge is 0.291 e. The molecule has 10 heteroatoms. The van der Waals surface area contributed by atoms with E-state index in [1.165, 1.54) is 0 Å². The van der Waals surface area contributed by atoms with Crippen molar-refractivity contribution in [1.29, 1.82) is 0 Å². The molecule has 3 heterocycles. The Morgan fingerprint density at radius 2 is 1.90 bits per heavy atom. The van der Waals surface area contributed by atoms with Crippen molar-refractivity contribution in [2.24, 2.45) is 4.99 Å². The van der Waals surface area contributed by atoms with Gasteiger partial charge < -0.3 is 10.2 Å². The first-order valence-electron chi connectivity index (χ1n) is 9.42. The summed E-state index contributed by atoms with van der Waals surface area (Å²) in [5.41, 5.74) is 4.86. The van der Waals surface area contributed by atoms with Crippen LogP contribution in [0.15, 0.2) is 29.3 Å². The maximum absolute atomic E-state index is 12.7. The molecular weight excluding hydrogens is 413 g/mol. The van der Waals surface area contributed by atoms with Gasteiger partial charge in [-0.2, -0.15) is 0 Å². The summed E-state index contributed by atoms with van der Waals surface area (Å²) in [5.74, 6) is 1.25. The number of hydrazine groups is 1. The van der Waals surface area contributed by atoms with Crippen molar-refractivity contribution in [3.8, 4) is 0 Å². The summed E-state index contributed by atoms with van der Waals surface area (Å²) in [6.45, 7) is 5.43. The van der Waals surface area contributed by atoms with Crippen molar-refractivity contribution in [3.63, 3.8) is 0 Å². The summed E-state index contributed by atoms with van der Waals surface area (Å²) in [6, 6.07) is 7.23. The van der Waals surface area contributed by atoms with E-state index < -0.39 is 0 Å². The van der Waals surface area contributed by atoms with Crippen molar-refractivity contribution >= 4 is 46.4 Å². The number of aryl methyl sites for hydroxylation is 1. The zero-order chi connectivity index (χ0) is 20.4. The molecule has 2 fully saturated rings. The molecule has 0 saturated carbocycles. The Balaban J connectivity index is 1.51. The summed E-state index contributed by atoms with van der Waals surface area (Å²) in [7, 11) is 0. The minimum atomic E-state index is -0.159. The van der Waals surface area contributed by atoms with E-state index in [-0.39, 0.29) is 11.7 Å². The fraction of sp³-hybridized carbons (Fsp3) is 0.368. The van der Waals surface area contributed by atoms with E-state index in [0.29, 0.717) is 41.1 Å². The minimum Gasteiger partial charge on any atom is -0.333 e. The number of benzene rings is 1. The fourth-order valence-corrected chi connectivity index (χ4v) is 3.56. The number of rotatable bonds is 3. The maximum atomic E-state index is 12.7. The van der Waals surface area contributed by atoms with Gasteiger partial charge in [-0.25, -0.2) is 15.0 Å². The number of anilines is 1. The number of hydrogen-bond donors (Lipinski definition) is 2. The molecule has 2 aromatic rings. The highest BCUT2D eigenvalue weighted by Crippen LogP contribution is 2.27. The van der Waals surface area contributed by atoms with Crippen LogP contribution in [0.1, 0.15) is 22.7 Å². The summed E-state index contributed by atoms with van der Waals surface area (Å²) in [5, 5.41) is 6.19. The molecule has 2 aliphatic rings. The number of carbonyl (C=O) groups excluding carboxylic acids is 1. The van der Waals surface area contributed by atoms with Crippen LogP contribution >= 0.6 is 23.2 Å². The predicted octanol–water partition coefficient (Wildman–Crippen LogP) is 2.58. The summed E-state index contributed by atoms with van der Waals surface area (Å²) in [6.07, 6.45) is 0.713. The molecule has 1 aromatic carbocycles. The first-order valence-corrected chi connectivity index (χ1v) is 10.2. The molecule has 0 radical (unpaired) electrons. The molecule has 0 bridgehead atoms. The molecule has 152 valence electrons. The van der Waals surface area contributed by atoms with E-state index in [1.54, 1.807) is 23.1 Å². The molecule has 0 atom stereocenters. The second kappa shape index (κ2) is 8.52. The molecule has 1 aromatic heterocycles. The molecule has 8 nitrogen and oxygen atoms in total. The number of amidine groups is 1. The second-order valence-corrected chi connectivity index (χ2v) is 7.72. The van der Waals surface area contributed by atoms with Gasteiger partial charge in [-0.05, 0) is 25.1 Å². The third-order valence-electron chi connectivity index (χ3n) is 4.74. The van der Waals surface area contributed by atoms with Crippen LogP contribution in [-0.2, 0) is 0 Å². The normalized spacial score (nSPS) is 18.2. The molecule has 2 aliphatic heterocycles. The van der Waals surface area contributed by atoms with Crippen LogP contribution in [0.25, 0.3) is 0 Å². The molecule has 0 aliphatic carbocycles. The van der Waals surface area contributed by atoms with Gasteiger partial charge in [0.05, 0.1) is 15.7 Å². The van der Waals surface area contributed by atoms with Gasteiger partial charge in [-0.3, -0.25) is 15.2 Å². The third kappa shape index (κ3) is 4.60. The molecule has 29 heavy (non-hydrogen) atoms. The number of carbonyl (C=O) groups is 1. The van der Waals surface area contributed by atoms with Crippen molar-refractivity contribution in [2.75, 3.05) is 37.7 Å². The number of piperazine rings is 1. The number of nitrogens with zero attached hydrogens (tertiary/aromatic N) is 5. The van der Waals surface area contributed by atoms with Crippen molar-refractivity contribution in [2.45, 2.75) is 13.3 Å². The van der Waals surface area contributed by atoms with Gasteiger partial charge in [0.2, 0.25) is 5.82 Å². The lowest BCUT2D eigenvalue weighted by molar-refractivity contribution is 0.0723. The van der Waals surface area contributed by atoms with Gasteiger partial charge >= 0.3 is 0 Å². The largest absolute Gasteiger partial charge is 0.333 e. The van der Waals surface area contributed by atoms with Gasteiger partial charge in [0.25, 0.3) is 5.91 Å². The monoisotopic (exact) mass is 433 g/mol. The molecule has 0 spiro atoms. The zero-order valence-electron chi connectivity index (χ0n) is 16.0. The molecule has 1 amide bonds. The highest BCUT2D eigenvalue weighted by atomic mass is 35.5. The SMILES string of the molecule is Cc1cc(N=C2CCN(c3ccc(Cl)c(Cl)c3)N2)nc(C(=O)N2CCNCC2)n1. The van der Waals surface area contributed by atoms with E-state index in [0.717, 1.165) is 31.2 Å². The van der Waals surface area contributed by atoms with Crippen LogP contribution in [0.2, 0.25) is 10.0 Å². The first-order chi connectivity index (χ1) is 14.0. The van der Waals surface area contributed by atoms with E-state index in [1.807, 2.05) is 18.0 Å². The lowest BCUT2D eigenvalue weighted by Gasteiger charge is -2.26. The van der Waals surface area contributed by atoms with Gasteiger partial charge in [0.15, 0.2) is 5.82 Å². The quantitative estimate of drug-likeness (QED) is 0.773. The third-order valence-corrected chi connectivity index (χ3v) is 5.48. The number of nitrogens with one attached hydrogen (secondary N) is 2. The van der Waals surface area contributed by atoms with Crippen LogP contribution < -0.4 is 15.8 Å². The van der Waals surface area contributed by atoms with Gasteiger partial charge in [0.1, 0.15) is 5.84 Å². The Morgan fingerprint density at radius 3 is 2.66 bits per heavy atom. The Bertz CT molecular complexity index is 960. The van der Waals surface area contributed by atoms with Gasteiger partial charge in [-0.15, -0.1) is 0 Å². The van der Waals surface area contributed by atoms with Crippen molar-refractivity contribution in [3.05, 3.63) is 45.8 Å². The predicted molar refractivity (Wildman–Crippen MR) is 114 cm³/mol. The Morgan fingerprint density at radius 1 is 1.10 bits per heavy atom. The minimum absolute atomic E-state index is 0.159. The van der Waals surface area contributed by atoms with Crippen LogP contribution in [-0.4, -0.2) is 59.3 Å². The van der Waals surface area contributed by atoms with Crippen molar-refractivity contribution < 1.29 is 4.79 Å². The number of halogens is 2. The lowest BCUT2D eigenvalue weighted by atomic mass is 10.3. The standard InChI is InChI=1S/C19H21Cl2N7O/c1-12-10-17(25-18(23-12)19(29)27-8-5-22-6-9-27)24-16-4-7-28(26-16)13-2-3-14(20)15(21)11-13/h2-3,10-11,22H,4-9H2,1H3,(H,23,24,25,26). The first kappa shape index (κ1) is 19.9. The van der Waals surface area contributed by atoms with Crippen LogP contribution in [0.4, 0.5) is 11.5 Å². The number of amides is 1. The topological polar surface area (TPSA) is 85.8 Å². The van der Waals surface area contributed by atoms with Crippen molar-refractivity contribution in [1.82, 2.24) is 25.6 Å². The molecule has 2 saturated heterocycles. The maximum Gasteiger partial charge on any atom is 0.291 e. The van der Waals surface area contributed by atoms with Gasteiger partial charge in [-0.1, -0.05) is 23.2 Å². The Kier molecular flexibility index (Phi) is 5.84. The number of hydrogen-bond acceptors (Lipinski definition) is 6. The van der Waals surface area contributed by atoms with Gasteiger partial charge in [0, 0.05) is 50.9 Å². The molecule has 0 unspecified atom stereocenters.